The van der Waals surface area contributed by atoms with Gasteiger partial charge < -0.3 is 10.3 Å². The van der Waals surface area contributed by atoms with Crippen molar-refractivity contribution in [3.8, 4) is 0 Å². The molecule has 0 aliphatic rings. The first-order chi connectivity index (χ1) is 8.28. The number of aryl methyl sites for hydroxylation is 2. The van der Waals surface area contributed by atoms with Crippen molar-refractivity contribution in [2.75, 3.05) is 0 Å². The van der Waals surface area contributed by atoms with Crippen LogP contribution in [0, 0.1) is 0 Å². The van der Waals surface area contributed by atoms with E-state index in [4.69, 9.17) is 5.73 Å². The second-order valence-electron chi connectivity index (χ2n) is 4.46. The maximum atomic E-state index is 5.96. The van der Waals surface area contributed by atoms with E-state index in [1.807, 2.05) is 11.3 Å². The minimum atomic E-state index is 0.295. The van der Waals surface area contributed by atoms with Crippen LogP contribution in [0.3, 0.4) is 0 Å². The molecule has 0 amide bonds. The van der Waals surface area contributed by atoms with E-state index in [0.29, 0.717) is 6.04 Å². The fraction of sp³-hybridized carbons (Fsp3) is 0.429. The first-order valence-corrected chi connectivity index (χ1v) is 7.08. The predicted octanol–water partition coefficient (Wildman–Crippen LogP) is 3.07. The van der Waals surface area contributed by atoms with E-state index in [1.165, 1.54) is 10.4 Å². The smallest absolute Gasteiger partial charge is 0.0268 e. The molecule has 0 bridgehead atoms. The Morgan fingerprint density at radius 3 is 3.00 bits per heavy atom. The van der Waals surface area contributed by atoms with Crippen LogP contribution >= 0.6 is 11.3 Å². The first-order valence-electron chi connectivity index (χ1n) is 6.20. The molecule has 92 valence electrons. The van der Waals surface area contributed by atoms with Crippen LogP contribution in [0.2, 0.25) is 0 Å². The molecule has 0 saturated carbocycles. The summed E-state index contributed by atoms with van der Waals surface area (Å²) in [4.78, 5) is 1.45. The highest BCUT2D eigenvalue weighted by molar-refractivity contribution is 7.09. The van der Waals surface area contributed by atoms with E-state index < -0.39 is 0 Å². The summed E-state index contributed by atoms with van der Waals surface area (Å²) >= 11 is 1.83. The molecule has 2 rings (SSSR count). The van der Waals surface area contributed by atoms with Gasteiger partial charge in [-0.25, -0.2) is 0 Å². The molecule has 0 fully saturated rings. The molecule has 2 aromatic rings. The zero-order valence-electron chi connectivity index (χ0n) is 10.3. The lowest BCUT2D eigenvalue weighted by atomic mass is 10.1. The maximum Gasteiger partial charge on any atom is 0.0268 e. The van der Waals surface area contributed by atoms with Crippen molar-refractivity contribution in [3.05, 3.63) is 46.4 Å². The number of rotatable bonds is 6. The van der Waals surface area contributed by atoms with Crippen molar-refractivity contribution < 1.29 is 0 Å². The number of thiophene rings is 1. The topological polar surface area (TPSA) is 30.9 Å². The summed E-state index contributed by atoms with van der Waals surface area (Å²) in [5.74, 6) is 0. The second kappa shape index (κ2) is 6.03. The normalized spacial score (nSPS) is 12.8. The Bertz CT molecular complexity index is 431. The van der Waals surface area contributed by atoms with Crippen molar-refractivity contribution >= 4 is 11.3 Å². The fourth-order valence-corrected chi connectivity index (χ4v) is 2.59. The van der Waals surface area contributed by atoms with Crippen LogP contribution < -0.4 is 5.73 Å². The third-order valence-electron chi connectivity index (χ3n) is 3.03. The van der Waals surface area contributed by atoms with Crippen LogP contribution in [0.1, 0.15) is 23.8 Å². The number of hydrogen-bond donors (Lipinski definition) is 1. The van der Waals surface area contributed by atoms with Gasteiger partial charge in [-0.2, -0.15) is 0 Å². The molecule has 0 aliphatic carbocycles. The van der Waals surface area contributed by atoms with Crippen molar-refractivity contribution in [3.63, 3.8) is 0 Å². The lowest BCUT2D eigenvalue weighted by Gasteiger charge is -2.06. The SMILES string of the molecule is CCC(N)Cc1ccn(CCc2cccs2)c1. The van der Waals surface area contributed by atoms with Gasteiger partial charge in [-0.3, -0.25) is 0 Å². The maximum absolute atomic E-state index is 5.96. The molecular formula is C14H20N2S. The summed E-state index contributed by atoms with van der Waals surface area (Å²) in [6.45, 7) is 3.19. The summed E-state index contributed by atoms with van der Waals surface area (Å²) in [5.41, 5.74) is 7.31. The molecule has 17 heavy (non-hydrogen) atoms. The van der Waals surface area contributed by atoms with E-state index >= 15 is 0 Å². The Morgan fingerprint density at radius 1 is 1.41 bits per heavy atom. The zero-order chi connectivity index (χ0) is 12.1. The minimum Gasteiger partial charge on any atom is -0.354 e. The van der Waals surface area contributed by atoms with E-state index in [2.05, 4.69) is 47.5 Å². The third-order valence-corrected chi connectivity index (χ3v) is 3.97. The molecule has 1 unspecified atom stereocenters. The van der Waals surface area contributed by atoms with Crippen LogP contribution in [-0.2, 0) is 19.4 Å². The van der Waals surface area contributed by atoms with Crippen LogP contribution in [0.4, 0.5) is 0 Å². The molecule has 3 heteroatoms. The van der Waals surface area contributed by atoms with Crippen LogP contribution in [0.15, 0.2) is 36.0 Å². The summed E-state index contributed by atoms with van der Waals surface area (Å²) in [6, 6.07) is 6.79. The van der Waals surface area contributed by atoms with Gasteiger partial charge in [0.05, 0.1) is 0 Å². The molecule has 2 N–H and O–H groups in total. The Labute approximate surface area is 107 Å². The second-order valence-corrected chi connectivity index (χ2v) is 5.49. The molecule has 0 aromatic carbocycles. The number of nitrogens with two attached hydrogens (primary N) is 1. The molecule has 0 saturated heterocycles. The van der Waals surface area contributed by atoms with Crippen LogP contribution in [-0.4, -0.2) is 10.6 Å². The highest BCUT2D eigenvalue weighted by atomic mass is 32.1. The number of hydrogen-bond acceptors (Lipinski definition) is 2. The van der Waals surface area contributed by atoms with Crippen LogP contribution in [0.25, 0.3) is 0 Å². The largest absolute Gasteiger partial charge is 0.354 e. The summed E-state index contributed by atoms with van der Waals surface area (Å²) in [5, 5.41) is 2.14. The fourth-order valence-electron chi connectivity index (χ4n) is 1.89. The Morgan fingerprint density at radius 2 is 2.29 bits per heavy atom. The Kier molecular flexibility index (Phi) is 4.40. The molecule has 0 radical (unpaired) electrons. The lowest BCUT2D eigenvalue weighted by molar-refractivity contribution is 0.642. The van der Waals surface area contributed by atoms with Gasteiger partial charge in [0.15, 0.2) is 0 Å². The lowest BCUT2D eigenvalue weighted by Crippen LogP contribution is -2.21. The highest BCUT2D eigenvalue weighted by Crippen LogP contribution is 2.11. The molecular weight excluding hydrogens is 228 g/mol. The summed E-state index contributed by atoms with van der Waals surface area (Å²) < 4.78 is 2.26. The van der Waals surface area contributed by atoms with Crippen LogP contribution in [0.5, 0.6) is 0 Å². The molecule has 2 nitrogen and oxygen atoms in total. The third kappa shape index (κ3) is 3.72. The van der Waals surface area contributed by atoms with Crippen molar-refractivity contribution in [1.29, 1.82) is 0 Å². The van der Waals surface area contributed by atoms with Gasteiger partial charge in [0.2, 0.25) is 0 Å². The first kappa shape index (κ1) is 12.4. The molecule has 2 aromatic heterocycles. The summed E-state index contributed by atoms with van der Waals surface area (Å²) in [6.07, 6.45) is 7.53. The standard InChI is InChI=1S/C14H20N2S/c1-2-13(15)10-12-5-7-16(11-12)8-6-14-4-3-9-17-14/h3-5,7,9,11,13H,2,6,8,10,15H2,1H3. The van der Waals surface area contributed by atoms with Crippen molar-refractivity contribution in [2.24, 2.45) is 5.73 Å². The van der Waals surface area contributed by atoms with Crippen molar-refractivity contribution in [1.82, 2.24) is 4.57 Å². The van der Waals surface area contributed by atoms with E-state index in [9.17, 15) is 0 Å². The van der Waals surface area contributed by atoms with Gasteiger partial charge in [0, 0.05) is 29.9 Å². The highest BCUT2D eigenvalue weighted by Gasteiger charge is 2.03. The van der Waals surface area contributed by atoms with E-state index in [-0.39, 0.29) is 0 Å². The molecule has 0 spiro atoms. The molecule has 2 heterocycles. The van der Waals surface area contributed by atoms with Gasteiger partial charge in [-0.1, -0.05) is 13.0 Å². The van der Waals surface area contributed by atoms with Gasteiger partial charge in [0.25, 0.3) is 0 Å². The average molecular weight is 248 g/mol. The summed E-state index contributed by atoms with van der Waals surface area (Å²) in [7, 11) is 0. The predicted molar refractivity (Wildman–Crippen MR) is 74.4 cm³/mol. The van der Waals surface area contributed by atoms with Crippen molar-refractivity contribution in [2.45, 2.75) is 38.8 Å². The van der Waals surface area contributed by atoms with Gasteiger partial charge in [-0.05, 0) is 42.3 Å². The zero-order valence-corrected chi connectivity index (χ0v) is 11.1. The molecule has 0 aliphatic heterocycles. The minimum absolute atomic E-state index is 0.295. The molecule has 1 atom stereocenters. The number of aromatic nitrogens is 1. The van der Waals surface area contributed by atoms with Gasteiger partial charge in [0.1, 0.15) is 0 Å². The monoisotopic (exact) mass is 248 g/mol. The Balaban J connectivity index is 1.85. The van der Waals surface area contributed by atoms with E-state index in [1.54, 1.807) is 0 Å². The Hall–Kier alpha value is -1.06. The van der Waals surface area contributed by atoms with E-state index in [0.717, 1.165) is 25.8 Å². The van der Waals surface area contributed by atoms with Gasteiger partial charge in [-0.15, -0.1) is 11.3 Å². The van der Waals surface area contributed by atoms with Gasteiger partial charge >= 0.3 is 0 Å². The number of nitrogens with zero attached hydrogens (tertiary/aromatic N) is 1. The average Bonchev–Trinajstić information content (AvgIpc) is 2.97. The quantitative estimate of drug-likeness (QED) is 0.837.